The van der Waals surface area contributed by atoms with E-state index < -0.39 is 0 Å². The summed E-state index contributed by atoms with van der Waals surface area (Å²) in [6, 6.07) is 10.2. The van der Waals surface area contributed by atoms with Gasteiger partial charge in [0.1, 0.15) is 0 Å². The van der Waals surface area contributed by atoms with Gasteiger partial charge in [0.25, 0.3) is 5.91 Å². The van der Waals surface area contributed by atoms with Crippen LogP contribution >= 0.6 is 11.3 Å². The SMILES string of the molecule is O=C(COC(=O)CCc1ccsc1)N[C@@H]1CCCc2ccccc21. The Balaban J connectivity index is 1.44. The van der Waals surface area contributed by atoms with Crippen LogP contribution in [0.4, 0.5) is 0 Å². The number of amides is 1. The minimum absolute atomic E-state index is 0.0203. The van der Waals surface area contributed by atoms with Gasteiger partial charge in [-0.15, -0.1) is 0 Å². The lowest BCUT2D eigenvalue weighted by Crippen LogP contribution is -2.34. The zero-order valence-electron chi connectivity index (χ0n) is 13.5. The van der Waals surface area contributed by atoms with Crippen LogP contribution < -0.4 is 5.32 Å². The molecule has 0 saturated heterocycles. The van der Waals surface area contributed by atoms with Crippen LogP contribution in [0, 0.1) is 0 Å². The molecule has 0 unspecified atom stereocenters. The number of ether oxygens (including phenoxy) is 1. The van der Waals surface area contributed by atoms with Crippen LogP contribution in [0.15, 0.2) is 41.1 Å². The predicted molar refractivity (Wildman–Crippen MR) is 93.9 cm³/mol. The maximum Gasteiger partial charge on any atom is 0.306 e. The third-order valence-corrected chi connectivity index (χ3v) is 5.00. The van der Waals surface area contributed by atoms with Crippen LogP contribution in [0.5, 0.6) is 0 Å². The number of carbonyl (C=O) groups excluding carboxylic acids is 2. The molecule has 1 N–H and O–H groups in total. The van der Waals surface area contributed by atoms with Crippen LogP contribution in [0.25, 0.3) is 0 Å². The third kappa shape index (κ3) is 4.45. The van der Waals surface area contributed by atoms with Crippen molar-refractivity contribution in [2.24, 2.45) is 0 Å². The van der Waals surface area contributed by atoms with Gasteiger partial charge in [-0.05, 0) is 59.2 Å². The molecule has 2 aromatic rings. The average Bonchev–Trinajstić information content (AvgIpc) is 3.12. The first-order chi connectivity index (χ1) is 11.7. The maximum absolute atomic E-state index is 12.1. The monoisotopic (exact) mass is 343 g/mol. The van der Waals surface area contributed by atoms with Gasteiger partial charge in [-0.25, -0.2) is 0 Å². The second-order valence-corrected chi connectivity index (χ2v) is 6.78. The van der Waals surface area contributed by atoms with E-state index in [0.717, 1.165) is 24.8 Å². The van der Waals surface area contributed by atoms with Gasteiger partial charge in [-0.1, -0.05) is 24.3 Å². The van der Waals surface area contributed by atoms with Gasteiger partial charge < -0.3 is 10.1 Å². The quantitative estimate of drug-likeness (QED) is 0.818. The van der Waals surface area contributed by atoms with Gasteiger partial charge in [0.05, 0.1) is 6.04 Å². The number of fused-ring (bicyclic) bond motifs is 1. The van der Waals surface area contributed by atoms with Crippen molar-refractivity contribution >= 4 is 23.2 Å². The molecule has 0 aliphatic heterocycles. The van der Waals surface area contributed by atoms with Gasteiger partial charge in [0.2, 0.25) is 0 Å². The van der Waals surface area contributed by atoms with Crippen molar-refractivity contribution in [3.8, 4) is 0 Å². The number of aryl methyl sites for hydroxylation is 2. The standard InChI is InChI=1S/C19H21NO3S/c21-18(12-23-19(22)9-8-14-10-11-24-13-14)20-17-7-3-5-15-4-1-2-6-16(15)17/h1-2,4,6,10-11,13,17H,3,5,7-9,12H2,(H,20,21)/t17-/m1/s1. The van der Waals surface area contributed by atoms with Gasteiger partial charge >= 0.3 is 5.97 Å². The molecule has 0 saturated carbocycles. The van der Waals surface area contributed by atoms with E-state index in [0.29, 0.717) is 12.8 Å². The average molecular weight is 343 g/mol. The third-order valence-electron chi connectivity index (χ3n) is 4.27. The number of thiophene rings is 1. The summed E-state index contributed by atoms with van der Waals surface area (Å²) in [6.45, 7) is -0.207. The fourth-order valence-electron chi connectivity index (χ4n) is 3.04. The molecule has 0 radical (unpaired) electrons. The van der Waals surface area contributed by atoms with Crippen molar-refractivity contribution in [2.75, 3.05) is 6.61 Å². The van der Waals surface area contributed by atoms with Gasteiger partial charge in [-0.3, -0.25) is 9.59 Å². The molecule has 1 heterocycles. The summed E-state index contributed by atoms with van der Waals surface area (Å²) in [5.41, 5.74) is 3.60. The van der Waals surface area contributed by atoms with Crippen LogP contribution in [0.3, 0.4) is 0 Å². The Hall–Kier alpha value is -2.14. The van der Waals surface area contributed by atoms with E-state index in [1.807, 2.05) is 29.0 Å². The lowest BCUT2D eigenvalue weighted by molar-refractivity contribution is -0.148. The Morgan fingerprint density at radius 2 is 2.12 bits per heavy atom. The fraction of sp³-hybridized carbons (Fsp3) is 0.368. The van der Waals surface area contributed by atoms with Crippen molar-refractivity contribution in [1.82, 2.24) is 5.32 Å². The van der Waals surface area contributed by atoms with Crippen LogP contribution in [-0.2, 0) is 27.2 Å². The fourth-order valence-corrected chi connectivity index (χ4v) is 3.74. The molecule has 3 rings (SSSR count). The molecule has 126 valence electrons. The number of benzene rings is 1. The highest BCUT2D eigenvalue weighted by atomic mass is 32.1. The first-order valence-electron chi connectivity index (χ1n) is 8.26. The van der Waals surface area contributed by atoms with Gasteiger partial charge in [0.15, 0.2) is 6.61 Å². The molecule has 5 heteroatoms. The summed E-state index contributed by atoms with van der Waals surface area (Å²) < 4.78 is 5.08. The molecular weight excluding hydrogens is 322 g/mol. The molecule has 4 nitrogen and oxygen atoms in total. The molecule has 24 heavy (non-hydrogen) atoms. The predicted octanol–water partition coefficient (Wildman–Crippen LogP) is 3.42. The largest absolute Gasteiger partial charge is 0.456 e. The van der Waals surface area contributed by atoms with Crippen LogP contribution in [-0.4, -0.2) is 18.5 Å². The van der Waals surface area contributed by atoms with E-state index in [9.17, 15) is 9.59 Å². The first kappa shape index (κ1) is 16.7. The van der Waals surface area contributed by atoms with Crippen molar-refractivity contribution in [3.63, 3.8) is 0 Å². The van der Waals surface area contributed by atoms with E-state index in [1.54, 1.807) is 11.3 Å². The molecule has 0 bridgehead atoms. The van der Waals surface area contributed by atoms with Crippen LogP contribution in [0.2, 0.25) is 0 Å². The van der Waals surface area contributed by atoms with Crippen LogP contribution in [0.1, 0.15) is 42.0 Å². The summed E-state index contributed by atoms with van der Waals surface area (Å²) in [5.74, 6) is -0.569. The van der Waals surface area contributed by atoms with Crippen molar-refractivity contribution in [2.45, 2.75) is 38.1 Å². The van der Waals surface area contributed by atoms with Crippen molar-refractivity contribution in [3.05, 3.63) is 57.8 Å². The summed E-state index contributed by atoms with van der Waals surface area (Å²) in [7, 11) is 0. The molecule has 1 aliphatic carbocycles. The number of rotatable bonds is 6. The second-order valence-electron chi connectivity index (χ2n) is 6.00. The Bertz CT molecular complexity index is 696. The van der Waals surface area contributed by atoms with E-state index in [2.05, 4.69) is 17.4 Å². The summed E-state index contributed by atoms with van der Waals surface area (Å²) in [5, 5.41) is 6.98. The zero-order valence-corrected chi connectivity index (χ0v) is 14.3. The summed E-state index contributed by atoms with van der Waals surface area (Å²) in [4.78, 5) is 23.8. The number of hydrogen-bond donors (Lipinski definition) is 1. The molecule has 1 aromatic carbocycles. The number of esters is 1. The maximum atomic E-state index is 12.1. The minimum Gasteiger partial charge on any atom is -0.456 e. The molecule has 0 spiro atoms. The molecule has 1 aromatic heterocycles. The number of nitrogens with one attached hydrogen (secondary N) is 1. The highest BCUT2D eigenvalue weighted by molar-refractivity contribution is 7.07. The lowest BCUT2D eigenvalue weighted by Gasteiger charge is -2.26. The lowest BCUT2D eigenvalue weighted by atomic mass is 9.88. The molecule has 1 amide bonds. The first-order valence-corrected chi connectivity index (χ1v) is 9.20. The number of carbonyl (C=O) groups is 2. The molecular formula is C19H21NO3S. The highest BCUT2D eigenvalue weighted by Gasteiger charge is 2.21. The van der Waals surface area contributed by atoms with Crippen molar-refractivity contribution in [1.29, 1.82) is 0 Å². The van der Waals surface area contributed by atoms with E-state index in [-0.39, 0.29) is 24.5 Å². The Morgan fingerprint density at radius 1 is 1.25 bits per heavy atom. The zero-order chi connectivity index (χ0) is 16.8. The molecule has 0 fully saturated rings. The van der Waals surface area contributed by atoms with E-state index >= 15 is 0 Å². The summed E-state index contributed by atoms with van der Waals surface area (Å²) in [6.07, 6.45) is 3.99. The molecule has 1 aliphatic rings. The highest BCUT2D eigenvalue weighted by Crippen LogP contribution is 2.29. The Labute approximate surface area is 145 Å². The molecule has 1 atom stereocenters. The normalized spacial score (nSPS) is 16.2. The van der Waals surface area contributed by atoms with E-state index in [4.69, 9.17) is 4.74 Å². The smallest absolute Gasteiger partial charge is 0.306 e. The second kappa shape index (κ2) is 8.11. The number of hydrogen-bond acceptors (Lipinski definition) is 4. The van der Waals surface area contributed by atoms with E-state index in [1.165, 1.54) is 11.1 Å². The Morgan fingerprint density at radius 3 is 2.96 bits per heavy atom. The topological polar surface area (TPSA) is 55.4 Å². The minimum atomic E-state index is -0.333. The van der Waals surface area contributed by atoms with Crippen molar-refractivity contribution < 1.29 is 14.3 Å². The summed E-state index contributed by atoms with van der Waals surface area (Å²) >= 11 is 1.61. The van der Waals surface area contributed by atoms with Gasteiger partial charge in [0, 0.05) is 6.42 Å². The Kier molecular flexibility index (Phi) is 5.64. The van der Waals surface area contributed by atoms with Gasteiger partial charge in [-0.2, -0.15) is 11.3 Å².